The smallest absolute Gasteiger partial charge is 0.0156 e. The maximum atomic E-state index is 2.88. The molecule has 4 aliphatic rings. The van der Waals surface area contributed by atoms with Crippen LogP contribution < -0.4 is 0 Å². The van der Waals surface area contributed by atoms with Crippen molar-refractivity contribution in [2.45, 2.75) is 97.1 Å². The molecule has 0 bridgehead atoms. The zero-order chi connectivity index (χ0) is 18.5. The molecule has 2 nitrogen and oxygen atoms in total. The van der Waals surface area contributed by atoms with Gasteiger partial charge in [0.25, 0.3) is 0 Å². The first kappa shape index (κ1) is 19.2. The molecule has 4 fully saturated rings. The van der Waals surface area contributed by atoms with E-state index in [1.807, 2.05) is 0 Å². The first-order chi connectivity index (χ1) is 12.2. The fourth-order valence-corrected chi connectivity index (χ4v) is 6.87. The second-order valence-electron chi connectivity index (χ2n) is 12.0. The molecule has 5 unspecified atom stereocenters. The lowest BCUT2D eigenvalue weighted by Crippen LogP contribution is -2.55. The van der Waals surface area contributed by atoms with Gasteiger partial charge in [-0.2, -0.15) is 0 Å². The van der Waals surface area contributed by atoms with E-state index >= 15 is 0 Å². The lowest BCUT2D eigenvalue weighted by atomic mass is 9.68. The largest absolute Gasteiger partial charge is 0.298 e. The van der Waals surface area contributed by atoms with Gasteiger partial charge in [0.15, 0.2) is 0 Å². The quantitative estimate of drug-likeness (QED) is 0.662. The number of nitrogens with zero attached hydrogens (tertiary/aromatic N) is 2. The fourth-order valence-electron chi connectivity index (χ4n) is 6.87. The van der Waals surface area contributed by atoms with Gasteiger partial charge in [-0.25, -0.2) is 0 Å². The molecule has 0 amide bonds. The predicted molar refractivity (Wildman–Crippen MR) is 111 cm³/mol. The molecule has 2 saturated heterocycles. The summed E-state index contributed by atoms with van der Waals surface area (Å²) >= 11 is 0. The Hall–Kier alpha value is -0.0800. The Bertz CT molecular complexity index is 491. The van der Waals surface area contributed by atoms with Crippen molar-refractivity contribution in [2.75, 3.05) is 26.2 Å². The van der Waals surface area contributed by atoms with Crippen molar-refractivity contribution < 1.29 is 0 Å². The number of fused-ring (bicyclic) bond motifs is 2. The van der Waals surface area contributed by atoms with Gasteiger partial charge in [0.1, 0.15) is 0 Å². The predicted octanol–water partition coefficient (Wildman–Crippen LogP) is 5.42. The summed E-state index contributed by atoms with van der Waals surface area (Å²) in [5, 5.41) is 0. The van der Waals surface area contributed by atoms with Crippen molar-refractivity contribution in [3.8, 4) is 0 Å². The van der Waals surface area contributed by atoms with Gasteiger partial charge in [0.05, 0.1) is 0 Å². The minimum absolute atomic E-state index is 0.324. The summed E-state index contributed by atoms with van der Waals surface area (Å²) in [7, 11) is 0. The minimum Gasteiger partial charge on any atom is -0.298 e. The molecule has 0 spiro atoms. The zero-order valence-electron chi connectivity index (χ0n) is 18.3. The van der Waals surface area contributed by atoms with Gasteiger partial charge < -0.3 is 0 Å². The van der Waals surface area contributed by atoms with E-state index < -0.39 is 0 Å². The highest BCUT2D eigenvalue weighted by atomic mass is 15.2. The van der Waals surface area contributed by atoms with Crippen molar-refractivity contribution in [3.05, 3.63) is 0 Å². The molecule has 2 saturated carbocycles. The van der Waals surface area contributed by atoms with Crippen molar-refractivity contribution >= 4 is 0 Å². The van der Waals surface area contributed by atoms with Crippen LogP contribution in [0.15, 0.2) is 0 Å². The van der Waals surface area contributed by atoms with Gasteiger partial charge in [0.2, 0.25) is 0 Å². The molecule has 150 valence electrons. The van der Waals surface area contributed by atoms with Crippen LogP contribution in [0.25, 0.3) is 0 Å². The van der Waals surface area contributed by atoms with Gasteiger partial charge in [-0.05, 0) is 109 Å². The maximum absolute atomic E-state index is 2.88. The second-order valence-corrected chi connectivity index (χ2v) is 12.0. The number of piperidine rings is 1. The van der Waals surface area contributed by atoms with E-state index in [1.54, 1.807) is 0 Å². The molecular weight excluding hydrogens is 316 g/mol. The maximum Gasteiger partial charge on any atom is 0.0156 e. The van der Waals surface area contributed by atoms with Crippen molar-refractivity contribution in [2.24, 2.45) is 29.6 Å². The van der Waals surface area contributed by atoms with E-state index in [4.69, 9.17) is 0 Å². The van der Waals surface area contributed by atoms with Gasteiger partial charge >= 0.3 is 0 Å². The second kappa shape index (κ2) is 7.07. The van der Waals surface area contributed by atoms with Crippen molar-refractivity contribution in [3.63, 3.8) is 0 Å². The SMILES string of the molecule is CC(C)(C)N1CC(CC(C)(C)N2CCC3CCC3C2)CC2CCCC2C1. The molecule has 0 radical (unpaired) electrons. The van der Waals surface area contributed by atoms with E-state index in [9.17, 15) is 0 Å². The van der Waals surface area contributed by atoms with Crippen LogP contribution in [0.2, 0.25) is 0 Å². The summed E-state index contributed by atoms with van der Waals surface area (Å²) in [5.41, 5.74) is 0.706. The third-order valence-corrected chi connectivity index (χ3v) is 8.78. The van der Waals surface area contributed by atoms with Crippen LogP contribution in [0.4, 0.5) is 0 Å². The van der Waals surface area contributed by atoms with Gasteiger partial charge in [0, 0.05) is 30.7 Å². The third-order valence-electron chi connectivity index (χ3n) is 8.78. The Morgan fingerprint density at radius 2 is 1.35 bits per heavy atom. The van der Waals surface area contributed by atoms with Crippen LogP contribution >= 0.6 is 0 Å². The molecule has 4 rings (SSSR count). The summed E-state index contributed by atoms with van der Waals surface area (Å²) in [5.74, 6) is 4.99. The molecule has 0 N–H and O–H groups in total. The minimum atomic E-state index is 0.324. The molecule has 0 aromatic rings. The van der Waals surface area contributed by atoms with E-state index in [1.165, 1.54) is 77.5 Å². The topological polar surface area (TPSA) is 6.48 Å². The molecule has 2 heterocycles. The highest BCUT2D eigenvalue weighted by Crippen LogP contribution is 2.45. The zero-order valence-corrected chi connectivity index (χ0v) is 18.3. The van der Waals surface area contributed by atoms with Crippen molar-refractivity contribution in [1.29, 1.82) is 0 Å². The highest BCUT2D eigenvalue weighted by molar-refractivity contribution is 4.97. The Morgan fingerprint density at radius 3 is 2.00 bits per heavy atom. The van der Waals surface area contributed by atoms with E-state index in [0.717, 1.165) is 29.6 Å². The van der Waals surface area contributed by atoms with Crippen LogP contribution in [0, 0.1) is 29.6 Å². The average Bonchev–Trinajstić information content (AvgIpc) is 2.86. The molecule has 2 aliphatic heterocycles. The summed E-state index contributed by atoms with van der Waals surface area (Å²) in [6.45, 7) is 17.9. The van der Waals surface area contributed by atoms with E-state index in [-0.39, 0.29) is 0 Å². The summed E-state index contributed by atoms with van der Waals surface area (Å²) < 4.78 is 0. The number of likely N-dealkylation sites (tertiary alicyclic amines) is 2. The van der Waals surface area contributed by atoms with Gasteiger partial charge in [-0.1, -0.05) is 12.8 Å². The average molecular weight is 361 g/mol. The summed E-state index contributed by atoms with van der Waals surface area (Å²) in [4.78, 5) is 5.73. The number of hydrogen-bond donors (Lipinski definition) is 0. The van der Waals surface area contributed by atoms with Gasteiger partial charge in [-0.15, -0.1) is 0 Å². The van der Waals surface area contributed by atoms with Crippen LogP contribution in [0.1, 0.15) is 86.0 Å². The first-order valence-corrected chi connectivity index (χ1v) is 11.7. The molecular formula is C24H44N2. The first-order valence-electron chi connectivity index (χ1n) is 11.7. The van der Waals surface area contributed by atoms with Crippen LogP contribution in [-0.2, 0) is 0 Å². The Balaban J connectivity index is 1.44. The lowest BCUT2D eigenvalue weighted by Gasteiger charge is -2.51. The summed E-state index contributed by atoms with van der Waals surface area (Å²) in [6.07, 6.45) is 11.9. The molecule has 2 aliphatic carbocycles. The molecule has 0 aromatic heterocycles. The number of rotatable bonds is 3. The van der Waals surface area contributed by atoms with E-state index in [0.29, 0.717) is 11.1 Å². The van der Waals surface area contributed by atoms with Crippen molar-refractivity contribution in [1.82, 2.24) is 9.80 Å². The Labute approximate surface area is 163 Å². The van der Waals surface area contributed by atoms with Crippen LogP contribution in [0.5, 0.6) is 0 Å². The monoisotopic (exact) mass is 360 g/mol. The van der Waals surface area contributed by atoms with Gasteiger partial charge in [-0.3, -0.25) is 9.80 Å². The Kier molecular flexibility index (Phi) is 5.23. The molecule has 0 aromatic carbocycles. The lowest BCUT2D eigenvalue weighted by molar-refractivity contribution is -0.0194. The Morgan fingerprint density at radius 1 is 0.692 bits per heavy atom. The third kappa shape index (κ3) is 3.88. The number of hydrogen-bond acceptors (Lipinski definition) is 2. The fraction of sp³-hybridized carbons (Fsp3) is 1.00. The van der Waals surface area contributed by atoms with E-state index in [2.05, 4.69) is 44.4 Å². The molecule has 5 atom stereocenters. The normalized spacial score (nSPS) is 39.8. The molecule has 26 heavy (non-hydrogen) atoms. The summed E-state index contributed by atoms with van der Waals surface area (Å²) in [6, 6.07) is 0. The van der Waals surface area contributed by atoms with Crippen LogP contribution in [-0.4, -0.2) is 47.1 Å². The highest BCUT2D eigenvalue weighted by Gasteiger charge is 2.43. The van der Waals surface area contributed by atoms with Crippen LogP contribution in [0.3, 0.4) is 0 Å². The standard InChI is InChI=1S/C24H44N2/c1-23(2,3)26-15-18(13-20-7-6-8-21(20)17-26)14-24(4,5)25-12-11-19-9-10-22(19)16-25/h18-22H,6-17H2,1-5H3. The molecule has 2 heteroatoms.